The number of nitriles is 1. The standard InChI is InChI=1S/C21H17FN4O2/c1-12-18-19(16(10-23)20(24)28-21(18)26-25-12)15-7-2-3-8-17(15)27-11-13-5-4-6-14(22)9-13/h2-9,19H,11,24H2,1H3,(H,25,26)/t19-/m1/s1. The molecule has 1 atom stereocenters. The van der Waals surface area contributed by atoms with Crippen molar-refractivity contribution in [1.82, 2.24) is 10.2 Å². The van der Waals surface area contributed by atoms with Crippen LogP contribution in [0.3, 0.4) is 0 Å². The molecule has 0 fully saturated rings. The highest BCUT2D eigenvalue weighted by molar-refractivity contribution is 5.57. The molecule has 0 amide bonds. The van der Waals surface area contributed by atoms with Crippen molar-refractivity contribution in [3.63, 3.8) is 0 Å². The molecule has 140 valence electrons. The lowest BCUT2D eigenvalue weighted by molar-refractivity contribution is 0.301. The van der Waals surface area contributed by atoms with Gasteiger partial charge < -0.3 is 15.2 Å². The minimum atomic E-state index is -0.476. The number of H-pyrrole nitrogens is 1. The number of nitrogens with one attached hydrogen (secondary N) is 1. The van der Waals surface area contributed by atoms with Crippen molar-refractivity contribution in [2.24, 2.45) is 5.73 Å². The molecule has 1 aliphatic rings. The van der Waals surface area contributed by atoms with E-state index in [1.54, 1.807) is 12.1 Å². The van der Waals surface area contributed by atoms with Crippen molar-refractivity contribution >= 4 is 0 Å². The number of nitrogens with two attached hydrogens (primary N) is 1. The normalized spacial score (nSPS) is 15.5. The summed E-state index contributed by atoms with van der Waals surface area (Å²) in [6, 6.07) is 15.8. The van der Waals surface area contributed by atoms with Gasteiger partial charge in [-0.25, -0.2) is 4.39 Å². The Balaban J connectivity index is 1.75. The van der Waals surface area contributed by atoms with Crippen molar-refractivity contribution in [2.75, 3.05) is 0 Å². The fourth-order valence-electron chi connectivity index (χ4n) is 3.35. The Morgan fingerprint density at radius 3 is 2.89 bits per heavy atom. The number of ether oxygens (including phenoxy) is 2. The predicted molar refractivity (Wildman–Crippen MR) is 99.8 cm³/mol. The van der Waals surface area contributed by atoms with Crippen molar-refractivity contribution in [3.05, 3.63) is 88.2 Å². The largest absolute Gasteiger partial charge is 0.489 e. The second-order valence-corrected chi connectivity index (χ2v) is 6.45. The van der Waals surface area contributed by atoms with Gasteiger partial charge in [0.25, 0.3) is 0 Å². The second-order valence-electron chi connectivity index (χ2n) is 6.45. The third-order valence-corrected chi connectivity index (χ3v) is 4.64. The number of hydrogen-bond acceptors (Lipinski definition) is 5. The van der Waals surface area contributed by atoms with Crippen LogP contribution in [0, 0.1) is 24.1 Å². The highest BCUT2D eigenvalue weighted by atomic mass is 19.1. The fourth-order valence-corrected chi connectivity index (χ4v) is 3.35. The van der Waals surface area contributed by atoms with Crippen LogP contribution in [0.5, 0.6) is 11.6 Å². The maximum absolute atomic E-state index is 13.4. The van der Waals surface area contributed by atoms with Gasteiger partial charge in [-0.15, -0.1) is 5.10 Å². The third kappa shape index (κ3) is 3.05. The molecule has 3 aromatic rings. The molecule has 0 bridgehead atoms. The zero-order valence-electron chi connectivity index (χ0n) is 15.1. The summed E-state index contributed by atoms with van der Waals surface area (Å²) in [5.41, 5.74) is 9.25. The Bertz CT molecular complexity index is 1110. The number of benzene rings is 2. The first-order valence-corrected chi connectivity index (χ1v) is 8.67. The van der Waals surface area contributed by atoms with Gasteiger partial charge in [-0.05, 0) is 30.7 Å². The first-order valence-electron chi connectivity index (χ1n) is 8.67. The van der Waals surface area contributed by atoms with Crippen molar-refractivity contribution in [3.8, 4) is 17.7 Å². The van der Waals surface area contributed by atoms with Crippen LogP contribution in [-0.2, 0) is 6.61 Å². The number of aromatic amines is 1. The Kier molecular flexibility index (Phi) is 4.45. The van der Waals surface area contributed by atoms with E-state index in [9.17, 15) is 9.65 Å². The van der Waals surface area contributed by atoms with Crippen LogP contribution in [0.4, 0.5) is 4.39 Å². The lowest BCUT2D eigenvalue weighted by Gasteiger charge is -2.25. The summed E-state index contributed by atoms with van der Waals surface area (Å²) in [7, 11) is 0. The van der Waals surface area contributed by atoms with Crippen molar-refractivity contribution in [1.29, 1.82) is 5.26 Å². The maximum Gasteiger partial charge on any atom is 0.244 e. The molecule has 0 aliphatic carbocycles. The van der Waals surface area contributed by atoms with E-state index in [2.05, 4.69) is 16.3 Å². The summed E-state index contributed by atoms with van der Waals surface area (Å²) in [6.07, 6.45) is 0. The van der Waals surface area contributed by atoms with E-state index in [-0.39, 0.29) is 18.3 Å². The minimum absolute atomic E-state index is 0.0198. The molecule has 6 nitrogen and oxygen atoms in total. The number of rotatable bonds is 4. The molecule has 7 heteroatoms. The average Bonchev–Trinajstić information content (AvgIpc) is 3.06. The van der Waals surface area contributed by atoms with Crippen LogP contribution in [0.1, 0.15) is 28.3 Å². The molecule has 3 N–H and O–H groups in total. The zero-order chi connectivity index (χ0) is 19.7. The van der Waals surface area contributed by atoms with E-state index in [0.717, 1.165) is 16.8 Å². The van der Waals surface area contributed by atoms with E-state index in [1.807, 2.05) is 31.2 Å². The van der Waals surface area contributed by atoms with Crippen LogP contribution in [0.15, 0.2) is 60.0 Å². The summed E-state index contributed by atoms with van der Waals surface area (Å²) in [5, 5.41) is 16.7. The Morgan fingerprint density at radius 1 is 1.29 bits per heavy atom. The zero-order valence-corrected chi connectivity index (χ0v) is 15.1. The summed E-state index contributed by atoms with van der Waals surface area (Å²) >= 11 is 0. The quantitative estimate of drug-likeness (QED) is 0.724. The van der Waals surface area contributed by atoms with Gasteiger partial charge in [0.2, 0.25) is 11.8 Å². The number of halogens is 1. The van der Waals surface area contributed by atoms with E-state index < -0.39 is 5.92 Å². The van der Waals surface area contributed by atoms with E-state index in [4.69, 9.17) is 15.2 Å². The SMILES string of the molecule is Cc1[nH]nc2c1[C@H](c1ccccc1OCc1cccc(F)c1)C(C#N)=C(N)O2. The van der Waals surface area contributed by atoms with Gasteiger partial charge in [-0.2, -0.15) is 5.26 Å². The Morgan fingerprint density at radius 2 is 2.11 bits per heavy atom. The molecule has 2 aromatic carbocycles. The fraction of sp³-hybridized carbons (Fsp3) is 0.143. The van der Waals surface area contributed by atoms with Crippen molar-refractivity contribution < 1.29 is 13.9 Å². The van der Waals surface area contributed by atoms with Crippen molar-refractivity contribution in [2.45, 2.75) is 19.4 Å². The smallest absolute Gasteiger partial charge is 0.244 e. The second kappa shape index (κ2) is 7.08. The van der Waals surface area contributed by atoms with Gasteiger partial charge in [-0.3, -0.25) is 5.10 Å². The van der Waals surface area contributed by atoms with Crippen LogP contribution < -0.4 is 15.2 Å². The first-order chi connectivity index (χ1) is 13.6. The molecule has 0 radical (unpaired) electrons. The van der Waals surface area contributed by atoms with E-state index >= 15 is 0 Å². The number of allylic oxidation sites excluding steroid dienone is 1. The molecule has 28 heavy (non-hydrogen) atoms. The molecule has 4 rings (SSSR count). The lowest BCUT2D eigenvalue weighted by Crippen LogP contribution is -2.21. The molecule has 0 saturated carbocycles. The minimum Gasteiger partial charge on any atom is -0.489 e. The topological polar surface area (TPSA) is 97.0 Å². The first kappa shape index (κ1) is 17.6. The summed E-state index contributed by atoms with van der Waals surface area (Å²) < 4.78 is 24.9. The molecule has 2 heterocycles. The molecule has 1 aromatic heterocycles. The summed E-state index contributed by atoms with van der Waals surface area (Å²) in [4.78, 5) is 0. The van der Waals surface area contributed by atoms with Crippen LogP contribution >= 0.6 is 0 Å². The highest BCUT2D eigenvalue weighted by Crippen LogP contribution is 2.45. The number of hydrogen-bond donors (Lipinski definition) is 2. The van der Waals surface area contributed by atoms with Gasteiger partial charge >= 0.3 is 0 Å². The third-order valence-electron chi connectivity index (χ3n) is 4.64. The average molecular weight is 376 g/mol. The number of aryl methyl sites for hydroxylation is 1. The number of para-hydroxylation sites is 1. The lowest BCUT2D eigenvalue weighted by atomic mass is 9.83. The molecular formula is C21H17FN4O2. The van der Waals surface area contributed by atoms with Gasteiger partial charge in [0, 0.05) is 16.8 Å². The Labute approximate surface area is 161 Å². The van der Waals surface area contributed by atoms with E-state index in [1.165, 1.54) is 12.1 Å². The predicted octanol–water partition coefficient (Wildman–Crippen LogP) is 3.65. The van der Waals surface area contributed by atoms with Gasteiger partial charge in [0.15, 0.2) is 0 Å². The molecule has 1 aliphatic heterocycles. The highest BCUT2D eigenvalue weighted by Gasteiger charge is 2.35. The molecule has 0 saturated heterocycles. The van der Waals surface area contributed by atoms with Crippen LogP contribution in [0.25, 0.3) is 0 Å². The van der Waals surface area contributed by atoms with E-state index in [0.29, 0.717) is 22.8 Å². The summed E-state index contributed by atoms with van der Waals surface area (Å²) in [6.45, 7) is 2.05. The number of nitrogens with zero attached hydrogens (tertiary/aromatic N) is 2. The Hall–Kier alpha value is -3.79. The van der Waals surface area contributed by atoms with Gasteiger partial charge in [0.1, 0.15) is 29.8 Å². The van der Waals surface area contributed by atoms with Crippen LogP contribution in [0.2, 0.25) is 0 Å². The monoisotopic (exact) mass is 376 g/mol. The van der Waals surface area contributed by atoms with Gasteiger partial charge in [0.05, 0.1) is 5.92 Å². The van der Waals surface area contributed by atoms with Crippen LogP contribution in [-0.4, -0.2) is 10.2 Å². The number of aromatic nitrogens is 2. The summed E-state index contributed by atoms with van der Waals surface area (Å²) in [5.74, 6) is 0.146. The molecule has 0 unspecified atom stereocenters. The maximum atomic E-state index is 13.4. The molecular weight excluding hydrogens is 359 g/mol. The van der Waals surface area contributed by atoms with Gasteiger partial charge in [-0.1, -0.05) is 30.3 Å². The molecule has 0 spiro atoms. The number of fused-ring (bicyclic) bond motifs is 1.